The molecule has 0 aromatic rings. The zero-order chi connectivity index (χ0) is 9.69. The standard InChI is InChI=1S/C10H19NO2/c1-9(2)7(11-9)4-5-10(3)8(6-12)13-10/h7-8,11-12H,4-6H2,1-3H3/t7?,8-,10-/m1/s1. The fourth-order valence-electron chi connectivity index (χ4n) is 2.01. The van der Waals surface area contributed by atoms with Crippen LogP contribution in [0.5, 0.6) is 0 Å². The summed E-state index contributed by atoms with van der Waals surface area (Å²) < 4.78 is 5.42. The van der Waals surface area contributed by atoms with E-state index in [9.17, 15) is 0 Å². The van der Waals surface area contributed by atoms with Crippen molar-refractivity contribution in [3.8, 4) is 0 Å². The van der Waals surface area contributed by atoms with Crippen LogP contribution in [0.1, 0.15) is 33.6 Å². The quantitative estimate of drug-likeness (QED) is 0.633. The van der Waals surface area contributed by atoms with Crippen molar-refractivity contribution in [1.82, 2.24) is 5.32 Å². The molecule has 0 bridgehead atoms. The Morgan fingerprint density at radius 3 is 2.38 bits per heavy atom. The van der Waals surface area contributed by atoms with Crippen molar-refractivity contribution in [3.63, 3.8) is 0 Å². The molecule has 2 N–H and O–H groups in total. The number of rotatable bonds is 4. The van der Waals surface area contributed by atoms with Gasteiger partial charge in [0.2, 0.25) is 0 Å². The number of ether oxygens (including phenoxy) is 1. The minimum absolute atomic E-state index is 0.0326. The summed E-state index contributed by atoms with van der Waals surface area (Å²) in [6.07, 6.45) is 2.30. The molecule has 2 saturated heterocycles. The van der Waals surface area contributed by atoms with E-state index in [1.54, 1.807) is 0 Å². The van der Waals surface area contributed by atoms with E-state index in [0.29, 0.717) is 11.6 Å². The Balaban J connectivity index is 1.70. The normalized spacial score (nSPS) is 46.2. The lowest BCUT2D eigenvalue weighted by molar-refractivity contribution is 0.234. The molecule has 76 valence electrons. The van der Waals surface area contributed by atoms with Gasteiger partial charge in [0.1, 0.15) is 6.10 Å². The van der Waals surface area contributed by atoms with Crippen LogP contribution in [0.15, 0.2) is 0 Å². The van der Waals surface area contributed by atoms with Gasteiger partial charge in [0.15, 0.2) is 0 Å². The minimum atomic E-state index is -0.0326. The summed E-state index contributed by atoms with van der Waals surface area (Å²) in [6, 6.07) is 0.646. The van der Waals surface area contributed by atoms with Crippen LogP contribution >= 0.6 is 0 Å². The highest BCUT2D eigenvalue weighted by molar-refractivity contribution is 5.09. The van der Waals surface area contributed by atoms with E-state index in [2.05, 4.69) is 26.1 Å². The predicted octanol–water partition coefficient (Wildman–Crippen LogP) is 0.667. The molecule has 3 atom stereocenters. The van der Waals surface area contributed by atoms with Crippen LogP contribution in [0.2, 0.25) is 0 Å². The maximum atomic E-state index is 8.88. The van der Waals surface area contributed by atoms with Gasteiger partial charge in [0, 0.05) is 11.6 Å². The Kier molecular flexibility index (Phi) is 1.95. The van der Waals surface area contributed by atoms with Gasteiger partial charge >= 0.3 is 0 Å². The maximum Gasteiger partial charge on any atom is 0.110 e. The summed E-state index contributed by atoms with van der Waals surface area (Å²) in [5.41, 5.74) is 0.301. The van der Waals surface area contributed by atoms with Crippen molar-refractivity contribution in [2.75, 3.05) is 6.61 Å². The van der Waals surface area contributed by atoms with Gasteiger partial charge in [-0.2, -0.15) is 0 Å². The van der Waals surface area contributed by atoms with Gasteiger partial charge in [-0.15, -0.1) is 0 Å². The van der Waals surface area contributed by atoms with Crippen LogP contribution in [0, 0.1) is 0 Å². The van der Waals surface area contributed by atoms with Crippen molar-refractivity contribution in [3.05, 3.63) is 0 Å². The van der Waals surface area contributed by atoms with Gasteiger partial charge < -0.3 is 15.2 Å². The van der Waals surface area contributed by atoms with E-state index < -0.39 is 0 Å². The highest BCUT2D eigenvalue weighted by Crippen LogP contribution is 2.42. The topological polar surface area (TPSA) is 54.7 Å². The van der Waals surface area contributed by atoms with Crippen molar-refractivity contribution >= 4 is 0 Å². The molecule has 0 aromatic heterocycles. The Morgan fingerprint density at radius 1 is 1.38 bits per heavy atom. The van der Waals surface area contributed by atoms with Crippen LogP contribution in [-0.2, 0) is 4.74 Å². The molecule has 2 fully saturated rings. The summed E-state index contributed by atoms with van der Waals surface area (Å²) in [5.74, 6) is 0. The van der Waals surface area contributed by atoms with Crippen LogP contribution in [0.25, 0.3) is 0 Å². The first-order valence-electron chi connectivity index (χ1n) is 5.04. The summed E-state index contributed by atoms with van der Waals surface area (Å²) in [5, 5.41) is 12.3. The minimum Gasteiger partial charge on any atom is -0.394 e. The van der Waals surface area contributed by atoms with Gasteiger partial charge in [-0.25, -0.2) is 0 Å². The van der Waals surface area contributed by atoms with Crippen LogP contribution in [-0.4, -0.2) is 35.0 Å². The summed E-state index contributed by atoms with van der Waals surface area (Å²) in [6.45, 7) is 6.69. The van der Waals surface area contributed by atoms with Crippen molar-refractivity contribution in [2.45, 2.75) is 56.9 Å². The molecule has 1 unspecified atom stereocenters. The van der Waals surface area contributed by atoms with E-state index in [0.717, 1.165) is 12.8 Å². The number of hydrogen-bond donors (Lipinski definition) is 2. The molecule has 2 rings (SSSR count). The van der Waals surface area contributed by atoms with Gasteiger partial charge in [0.25, 0.3) is 0 Å². The Morgan fingerprint density at radius 2 is 2.00 bits per heavy atom. The van der Waals surface area contributed by atoms with E-state index in [-0.39, 0.29) is 18.3 Å². The van der Waals surface area contributed by atoms with E-state index in [4.69, 9.17) is 9.84 Å². The van der Waals surface area contributed by atoms with Gasteiger partial charge in [-0.1, -0.05) is 0 Å². The number of aliphatic hydroxyl groups is 1. The number of nitrogens with one attached hydrogen (secondary N) is 1. The molecule has 3 nitrogen and oxygen atoms in total. The first kappa shape index (κ1) is 9.44. The molecule has 0 radical (unpaired) electrons. The molecular formula is C10H19NO2. The molecule has 0 spiro atoms. The van der Waals surface area contributed by atoms with E-state index in [1.165, 1.54) is 0 Å². The third-order valence-electron chi connectivity index (χ3n) is 3.46. The number of hydrogen-bond acceptors (Lipinski definition) is 3. The monoisotopic (exact) mass is 185 g/mol. The summed E-state index contributed by atoms with van der Waals surface area (Å²) in [4.78, 5) is 0. The second-order valence-corrected chi connectivity index (χ2v) is 5.06. The van der Waals surface area contributed by atoms with Gasteiger partial charge in [-0.05, 0) is 33.6 Å². The molecule has 0 amide bonds. The summed E-state index contributed by atoms with van der Waals surface area (Å²) in [7, 11) is 0. The van der Waals surface area contributed by atoms with Crippen molar-refractivity contribution in [1.29, 1.82) is 0 Å². The fourth-order valence-corrected chi connectivity index (χ4v) is 2.01. The first-order chi connectivity index (χ1) is 5.98. The van der Waals surface area contributed by atoms with E-state index >= 15 is 0 Å². The highest BCUT2D eigenvalue weighted by Gasteiger charge is 2.53. The SMILES string of the molecule is CC1(C)NC1CC[C@@]1(C)O[C@@H]1CO. The molecule has 2 heterocycles. The first-order valence-corrected chi connectivity index (χ1v) is 5.04. The maximum absolute atomic E-state index is 8.88. The molecule has 3 heteroatoms. The van der Waals surface area contributed by atoms with Gasteiger partial charge in [-0.3, -0.25) is 0 Å². The average Bonchev–Trinajstić information content (AvgIpc) is 2.87. The zero-order valence-corrected chi connectivity index (χ0v) is 8.63. The number of epoxide rings is 1. The smallest absolute Gasteiger partial charge is 0.110 e. The third kappa shape index (κ3) is 1.73. The highest BCUT2D eigenvalue weighted by atomic mass is 16.6. The number of aliphatic hydroxyl groups excluding tert-OH is 1. The molecule has 0 aliphatic carbocycles. The predicted molar refractivity (Wildman–Crippen MR) is 50.6 cm³/mol. The van der Waals surface area contributed by atoms with E-state index in [1.807, 2.05) is 0 Å². The molecular weight excluding hydrogens is 166 g/mol. The van der Waals surface area contributed by atoms with Crippen LogP contribution in [0.3, 0.4) is 0 Å². The fraction of sp³-hybridized carbons (Fsp3) is 1.00. The second-order valence-electron chi connectivity index (χ2n) is 5.06. The molecule has 0 aromatic carbocycles. The Labute approximate surface area is 79.5 Å². The second kappa shape index (κ2) is 2.69. The Hall–Kier alpha value is -0.120. The van der Waals surface area contributed by atoms with Crippen molar-refractivity contribution < 1.29 is 9.84 Å². The van der Waals surface area contributed by atoms with Crippen LogP contribution < -0.4 is 5.32 Å². The zero-order valence-electron chi connectivity index (χ0n) is 8.63. The lowest BCUT2D eigenvalue weighted by Crippen LogP contribution is -2.14. The average molecular weight is 185 g/mol. The Bertz CT molecular complexity index is 217. The third-order valence-corrected chi connectivity index (χ3v) is 3.46. The largest absolute Gasteiger partial charge is 0.394 e. The lowest BCUT2D eigenvalue weighted by atomic mass is 9.97. The molecule has 13 heavy (non-hydrogen) atoms. The van der Waals surface area contributed by atoms with Crippen molar-refractivity contribution in [2.24, 2.45) is 0 Å². The molecule has 2 aliphatic heterocycles. The molecule has 2 aliphatic rings. The van der Waals surface area contributed by atoms with Gasteiger partial charge in [0.05, 0.1) is 12.2 Å². The molecule has 0 saturated carbocycles. The van der Waals surface area contributed by atoms with Crippen LogP contribution in [0.4, 0.5) is 0 Å². The lowest BCUT2D eigenvalue weighted by Gasteiger charge is -2.05. The summed E-state index contributed by atoms with van der Waals surface area (Å²) >= 11 is 0.